The molecule has 0 spiro atoms. The summed E-state index contributed by atoms with van der Waals surface area (Å²) in [6.07, 6.45) is 1.39. The van der Waals surface area contributed by atoms with Crippen molar-refractivity contribution >= 4 is 0 Å². The minimum Gasteiger partial charge on any atom is -0.313 e. The van der Waals surface area contributed by atoms with Gasteiger partial charge in [-0.25, -0.2) is 0 Å². The minimum absolute atomic E-state index is 0.507. The van der Waals surface area contributed by atoms with Gasteiger partial charge in [-0.1, -0.05) is 29.8 Å². The second kappa shape index (κ2) is 2.60. The smallest absolute Gasteiger partial charge is 0.0125 e. The van der Waals surface area contributed by atoms with Crippen molar-refractivity contribution in [2.24, 2.45) is 5.92 Å². The number of hydrogen-bond acceptors (Lipinski definition) is 1. The van der Waals surface area contributed by atoms with E-state index in [1.54, 1.807) is 5.56 Å². The van der Waals surface area contributed by atoms with E-state index in [1.807, 2.05) is 0 Å². The molecule has 0 amide bonds. The largest absolute Gasteiger partial charge is 0.313 e. The molecule has 1 aromatic carbocycles. The summed E-state index contributed by atoms with van der Waals surface area (Å²) in [6, 6.07) is 9.82. The Hall–Kier alpha value is -0.820. The van der Waals surface area contributed by atoms with E-state index in [0.29, 0.717) is 5.41 Å². The van der Waals surface area contributed by atoms with Gasteiger partial charge in [0.15, 0.2) is 0 Å². The number of fused-ring (bicyclic) bond motifs is 1. The molecular formula is C13H17N. The lowest BCUT2D eigenvalue weighted by atomic mass is 9.94. The van der Waals surface area contributed by atoms with Gasteiger partial charge in [-0.15, -0.1) is 0 Å². The topological polar surface area (TPSA) is 12.0 Å². The highest BCUT2D eigenvalue weighted by Crippen LogP contribution is 2.58. The number of nitrogens with one attached hydrogen (secondary N) is 1. The third-order valence-corrected chi connectivity index (χ3v) is 4.10. The Bertz CT molecular complexity index is 354. The molecule has 1 N–H and O–H groups in total. The Kier molecular flexibility index (Phi) is 1.58. The van der Waals surface area contributed by atoms with Crippen molar-refractivity contribution < 1.29 is 0 Å². The fourth-order valence-corrected chi connectivity index (χ4v) is 3.00. The van der Waals surface area contributed by atoms with Gasteiger partial charge in [0.25, 0.3) is 0 Å². The number of rotatable bonds is 1. The second-order valence-corrected chi connectivity index (χ2v) is 5.00. The molecule has 3 unspecified atom stereocenters. The van der Waals surface area contributed by atoms with E-state index in [2.05, 4.69) is 43.4 Å². The molecule has 1 aliphatic heterocycles. The molecule has 0 radical (unpaired) electrons. The number of aryl methyl sites for hydroxylation is 1. The molecule has 2 fully saturated rings. The van der Waals surface area contributed by atoms with Crippen molar-refractivity contribution in [2.75, 3.05) is 6.54 Å². The van der Waals surface area contributed by atoms with Gasteiger partial charge >= 0.3 is 0 Å². The van der Waals surface area contributed by atoms with Gasteiger partial charge in [0, 0.05) is 18.0 Å². The van der Waals surface area contributed by atoms with Crippen LogP contribution in [0.15, 0.2) is 24.3 Å². The van der Waals surface area contributed by atoms with Gasteiger partial charge in [-0.05, 0) is 31.7 Å². The summed E-state index contributed by atoms with van der Waals surface area (Å²) in [5.41, 5.74) is 3.42. The predicted octanol–water partition coefficient (Wildman–Crippen LogP) is 2.24. The molecule has 3 atom stereocenters. The van der Waals surface area contributed by atoms with Gasteiger partial charge in [0.2, 0.25) is 0 Å². The Balaban J connectivity index is 1.94. The number of piperidine rings is 1. The van der Waals surface area contributed by atoms with Crippen molar-refractivity contribution in [3.63, 3.8) is 0 Å². The maximum atomic E-state index is 3.57. The Labute approximate surface area is 85.5 Å². The first kappa shape index (κ1) is 8.49. The van der Waals surface area contributed by atoms with Crippen LogP contribution in [0.1, 0.15) is 24.5 Å². The van der Waals surface area contributed by atoms with E-state index in [0.717, 1.165) is 12.0 Å². The van der Waals surface area contributed by atoms with Crippen LogP contribution in [-0.2, 0) is 5.41 Å². The Morgan fingerprint density at radius 3 is 2.50 bits per heavy atom. The lowest BCUT2D eigenvalue weighted by Gasteiger charge is -2.11. The average molecular weight is 187 g/mol. The summed E-state index contributed by atoms with van der Waals surface area (Å²) in [5.74, 6) is 0.894. The molecule has 2 aliphatic rings. The van der Waals surface area contributed by atoms with E-state index < -0.39 is 0 Å². The van der Waals surface area contributed by atoms with Crippen LogP contribution in [0.3, 0.4) is 0 Å². The third-order valence-electron chi connectivity index (χ3n) is 4.10. The van der Waals surface area contributed by atoms with Crippen molar-refractivity contribution in [3.05, 3.63) is 35.4 Å². The zero-order chi connectivity index (χ0) is 9.76. The summed E-state index contributed by atoms with van der Waals surface area (Å²) in [4.78, 5) is 0. The van der Waals surface area contributed by atoms with E-state index in [-0.39, 0.29) is 0 Å². The van der Waals surface area contributed by atoms with Crippen LogP contribution in [0.25, 0.3) is 0 Å². The summed E-state index contributed by atoms with van der Waals surface area (Å²) >= 11 is 0. The monoisotopic (exact) mass is 187 g/mol. The molecule has 1 saturated heterocycles. The van der Waals surface area contributed by atoms with E-state index >= 15 is 0 Å². The van der Waals surface area contributed by atoms with Crippen molar-refractivity contribution in [3.8, 4) is 0 Å². The Morgan fingerprint density at radius 2 is 2.00 bits per heavy atom. The molecular weight excluding hydrogens is 170 g/mol. The first-order valence-electron chi connectivity index (χ1n) is 5.53. The van der Waals surface area contributed by atoms with Crippen LogP contribution in [0.4, 0.5) is 0 Å². The lowest BCUT2D eigenvalue weighted by molar-refractivity contribution is 0.578. The second-order valence-electron chi connectivity index (χ2n) is 5.00. The molecule has 0 bridgehead atoms. The van der Waals surface area contributed by atoms with Gasteiger partial charge in [-0.3, -0.25) is 0 Å². The highest BCUT2D eigenvalue weighted by molar-refractivity contribution is 5.39. The molecule has 1 aliphatic carbocycles. The van der Waals surface area contributed by atoms with E-state index in [1.165, 1.54) is 18.5 Å². The SMILES string of the molecule is Cc1ccc(C23CNC(C)C2C3)cc1. The fourth-order valence-electron chi connectivity index (χ4n) is 3.00. The minimum atomic E-state index is 0.507. The summed E-state index contributed by atoms with van der Waals surface area (Å²) in [6.45, 7) is 5.65. The van der Waals surface area contributed by atoms with Gasteiger partial charge in [0.1, 0.15) is 0 Å². The molecule has 1 aromatic rings. The van der Waals surface area contributed by atoms with Crippen LogP contribution in [0.2, 0.25) is 0 Å². The van der Waals surface area contributed by atoms with Crippen LogP contribution in [0, 0.1) is 12.8 Å². The summed E-state index contributed by atoms with van der Waals surface area (Å²) < 4.78 is 0. The van der Waals surface area contributed by atoms with Gasteiger partial charge in [-0.2, -0.15) is 0 Å². The molecule has 1 saturated carbocycles. The van der Waals surface area contributed by atoms with Crippen molar-refractivity contribution in [1.29, 1.82) is 0 Å². The van der Waals surface area contributed by atoms with E-state index in [4.69, 9.17) is 0 Å². The normalized spacial score (nSPS) is 39.6. The zero-order valence-electron chi connectivity index (χ0n) is 8.88. The maximum Gasteiger partial charge on any atom is 0.0125 e. The van der Waals surface area contributed by atoms with E-state index in [9.17, 15) is 0 Å². The zero-order valence-corrected chi connectivity index (χ0v) is 8.88. The number of hydrogen-bond donors (Lipinski definition) is 1. The summed E-state index contributed by atoms with van der Waals surface area (Å²) in [7, 11) is 0. The van der Waals surface area contributed by atoms with Crippen LogP contribution in [0.5, 0.6) is 0 Å². The molecule has 1 heterocycles. The highest BCUT2D eigenvalue weighted by atomic mass is 15.0. The van der Waals surface area contributed by atoms with Crippen LogP contribution in [-0.4, -0.2) is 12.6 Å². The standard InChI is InChI=1S/C13H17N/c1-9-3-5-11(6-4-9)13-7-12(13)10(2)14-8-13/h3-6,10,12,14H,7-8H2,1-2H3. The lowest BCUT2D eigenvalue weighted by Crippen LogP contribution is -2.24. The van der Waals surface area contributed by atoms with Crippen molar-refractivity contribution in [2.45, 2.75) is 31.7 Å². The first-order chi connectivity index (χ1) is 6.72. The molecule has 1 nitrogen and oxygen atoms in total. The molecule has 74 valence electrons. The highest BCUT2D eigenvalue weighted by Gasteiger charge is 2.61. The molecule has 1 heteroatoms. The number of benzene rings is 1. The predicted molar refractivity (Wildman–Crippen MR) is 58.4 cm³/mol. The maximum absolute atomic E-state index is 3.57. The van der Waals surface area contributed by atoms with Crippen LogP contribution >= 0.6 is 0 Å². The van der Waals surface area contributed by atoms with Crippen molar-refractivity contribution in [1.82, 2.24) is 5.32 Å². The van der Waals surface area contributed by atoms with Gasteiger partial charge < -0.3 is 5.32 Å². The first-order valence-corrected chi connectivity index (χ1v) is 5.53. The van der Waals surface area contributed by atoms with Gasteiger partial charge in [0.05, 0.1) is 0 Å². The fraction of sp³-hybridized carbons (Fsp3) is 0.538. The summed E-state index contributed by atoms with van der Waals surface area (Å²) in [5, 5.41) is 3.57. The average Bonchev–Trinajstić information content (AvgIpc) is 2.84. The molecule has 3 rings (SSSR count). The van der Waals surface area contributed by atoms with Crippen LogP contribution < -0.4 is 5.32 Å². The Morgan fingerprint density at radius 1 is 1.29 bits per heavy atom. The quantitative estimate of drug-likeness (QED) is 0.711. The third kappa shape index (κ3) is 0.992. The molecule has 0 aromatic heterocycles. The molecule has 14 heavy (non-hydrogen) atoms.